The van der Waals surface area contributed by atoms with Crippen LogP contribution in [0.25, 0.3) is 0 Å². The number of aliphatic carboxylic acids is 1. The Bertz CT molecular complexity index is 250. The number of carboxylic acid groups (broad SMARTS) is 1. The Labute approximate surface area is 84.4 Å². The second-order valence-electron chi connectivity index (χ2n) is 4.29. The summed E-state index contributed by atoms with van der Waals surface area (Å²) in [6.45, 7) is 1.04. The third-order valence-electron chi connectivity index (χ3n) is 3.46. The molecule has 2 atom stereocenters. The van der Waals surface area contributed by atoms with Gasteiger partial charge in [-0.2, -0.15) is 0 Å². The van der Waals surface area contributed by atoms with Gasteiger partial charge in [0.15, 0.2) is 0 Å². The van der Waals surface area contributed by atoms with Crippen LogP contribution in [-0.4, -0.2) is 28.6 Å². The van der Waals surface area contributed by atoms with Gasteiger partial charge in [0.2, 0.25) is 0 Å². The Kier molecular flexibility index (Phi) is 2.75. The lowest BCUT2D eigenvalue weighted by molar-refractivity contribution is -0.131. The van der Waals surface area contributed by atoms with E-state index in [2.05, 4.69) is 4.90 Å². The summed E-state index contributed by atoms with van der Waals surface area (Å²) in [5.41, 5.74) is 0. The van der Waals surface area contributed by atoms with Gasteiger partial charge in [0.1, 0.15) is 0 Å². The van der Waals surface area contributed by atoms with E-state index in [9.17, 15) is 4.79 Å². The maximum absolute atomic E-state index is 10.4. The molecule has 0 aromatic heterocycles. The highest BCUT2D eigenvalue weighted by Gasteiger charge is 2.33. The molecule has 2 rings (SSSR count). The molecule has 0 bridgehead atoms. The summed E-state index contributed by atoms with van der Waals surface area (Å²) in [7, 11) is 0. The number of fused-ring (bicyclic) bond motifs is 1. The van der Waals surface area contributed by atoms with Crippen LogP contribution in [0.15, 0.2) is 12.3 Å². The molecule has 0 aromatic rings. The van der Waals surface area contributed by atoms with Gasteiger partial charge in [0.25, 0.3) is 0 Å². The summed E-state index contributed by atoms with van der Waals surface area (Å²) in [5.74, 6) is -0.0218. The van der Waals surface area contributed by atoms with Crippen LogP contribution in [0.1, 0.15) is 32.1 Å². The lowest BCUT2D eigenvalue weighted by Gasteiger charge is -2.30. The summed E-state index contributed by atoms with van der Waals surface area (Å²) in [4.78, 5) is 12.6. The average molecular weight is 195 g/mol. The van der Waals surface area contributed by atoms with Crippen molar-refractivity contribution < 1.29 is 9.90 Å². The van der Waals surface area contributed by atoms with Crippen molar-refractivity contribution in [1.29, 1.82) is 0 Å². The van der Waals surface area contributed by atoms with Crippen LogP contribution in [0.4, 0.5) is 0 Å². The summed E-state index contributed by atoms with van der Waals surface area (Å²) < 4.78 is 0. The fraction of sp³-hybridized carbons (Fsp3) is 0.727. The first-order valence-electron chi connectivity index (χ1n) is 5.44. The monoisotopic (exact) mass is 195 g/mol. The highest BCUT2D eigenvalue weighted by atomic mass is 16.4. The number of rotatable bonds is 2. The molecular weight excluding hydrogens is 178 g/mol. The Morgan fingerprint density at radius 1 is 1.29 bits per heavy atom. The maximum Gasteiger partial charge on any atom is 0.329 e. The smallest absolute Gasteiger partial charge is 0.329 e. The fourth-order valence-corrected chi connectivity index (χ4v) is 2.79. The zero-order chi connectivity index (χ0) is 9.97. The number of likely N-dealkylation sites (tertiary alicyclic amines) is 1. The molecule has 0 amide bonds. The number of carboxylic acids is 1. The van der Waals surface area contributed by atoms with E-state index in [0.717, 1.165) is 12.5 Å². The van der Waals surface area contributed by atoms with Crippen LogP contribution in [0.2, 0.25) is 0 Å². The minimum absolute atomic E-state index is 0.624. The van der Waals surface area contributed by atoms with Gasteiger partial charge in [-0.15, -0.1) is 0 Å². The molecule has 0 spiro atoms. The van der Waals surface area contributed by atoms with Crippen molar-refractivity contribution in [2.24, 2.45) is 5.92 Å². The molecule has 1 N–H and O–H groups in total. The van der Waals surface area contributed by atoms with Gasteiger partial charge in [-0.25, -0.2) is 4.79 Å². The van der Waals surface area contributed by atoms with E-state index in [4.69, 9.17) is 5.11 Å². The maximum atomic E-state index is 10.4. The van der Waals surface area contributed by atoms with E-state index < -0.39 is 5.97 Å². The summed E-state index contributed by atoms with van der Waals surface area (Å²) >= 11 is 0. The van der Waals surface area contributed by atoms with E-state index in [0.29, 0.717) is 6.04 Å². The molecule has 14 heavy (non-hydrogen) atoms. The first kappa shape index (κ1) is 9.56. The first-order valence-corrected chi connectivity index (χ1v) is 5.44. The number of hydrogen-bond acceptors (Lipinski definition) is 2. The molecule has 3 nitrogen and oxygen atoms in total. The number of carbonyl (C=O) groups is 1. The SMILES string of the molecule is O=C(O)/C=C/N1CCC2CCCCC21. The molecular formula is C11H17NO2. The minimum Gasteiger partial charge on any atom is -0.478 e. The topological polar surface area (TPSA) is 40.5 Å². The second-order valence-corrected chi connectivity index (χ2v) is 4.29. The largest absolute Gasteiger partial charge is 0.478 e. The average Bonchev–Trinajstić information content (AvgIpc) is 2.58. The molecule has 2 unspecified atom stereocenters. The first-order chi connectivity index (χ1) is 6.77. The normalized spacial score (nSPS) is 32.1. The number of nitrogens with zero attached hydrogens (tertiary/aromatic N) is 1. The molecule has 2 fully saturated rings. The number of hydrogen-bond donors (Lipinski definition) is 1. The van der Waals surface area contributed by atoms with Gasteiger partial charge in [0, 0.05) is 24.9 Å². The van der Waals surface area contributed by atoms with E-state index in [1.54, 1.807) is 6.20 Å². The molecule has 3 heteroatoms. The van der Waals surface area contributed by atoms with E-state index in [1.165, 1.54) is 38.2 Å². The van der Waals surface area contributed by atoms with Crippen molar-refractivity contribution >= 4 is 5.97 Å². The van der Waals surface area contributed by atoms with Crippen molar-refractivity contribution in [1.82, 2.24) is 4.90 Å². The van der Waals surface area contributed by atoms with Crippen LogP contribution >= 0.6 is 0 Å². The van der Waals surface area contributed by atoms with Crippen LogP contribution in [-0.2, 0) is 4.79 Å². The lowest BCUT2D eigenvalue weighted by Crippen LogP contribution is -2.31. The zero-order valence-corrected chi connectivity index (χ0v) is 8.35. The molecule has 78 valence electrons. The molecule has 1 saturated carbocycles. The summed E-state index contributed by atoms with van der Waals surface area (Å²) in [6, 6.07) is 0.624. The second kappa shape index (κ2) is 4.03. The van der Waals surface area contributed by atoms with Gasteiger partial charge < -0.3 is 10.0 Å². The fourth-order valence-electron chi connectivity index (χ4n) is 2.79. The third-order valence-corrected chi connectivity index (χ3v) is 3.46. The highest BCUT2D eigenvalue weighted by molar-refractivity contribution is 5.79. The Morgan fingerprint density at radius 3 is 2.86 bits per heavy atom. The lowest BCUT2D eigenvalue weighted by atomic mass is 9.85. The Balaban J connectivity index is 1.97. The molecule has 1 aliphatic heterocycles. The molecule has 1 aliphatic carbocycles. The standard InChI is InChI=1S/C11H17NO2/c13-11(14)6-8-12-7-5-9-3-1-2-4-10(9)12/h6,8-10H,1-5,7H2,(H,13,14)/b8-6+. The molecule has 2 aliphatic rings. The molecule has 0 radical (unpaired) electrons. The highest BCUT2D eigenvalue weighted by Crippen LogP contribution is 2.36. The van der Waals surface area contributed by atoms with Crippen LogP contribution in [0.3, 0.4) is 0 Å². The van der Waals surface area contributed by atoms with Crippen molar-refractivity contribution in [2.75, 3.05) is 6.54 Å². The zero-order valence-electron chi connectivity index (χ0n) is 8.35. The quantitative estimate of drug-likeness (QED) is 0.683. The van der Waals surface area contributed by atoms with Gasteiger partial charge in [-0.3, -0.25) is 0 Å². The Morgan fingerprint density at radius 2 is 2.07 bits per heavy atom. The summed E-state index contributed by atoms with van der Waals surface area (Å²) in [6.07, 6.45) is 9.51. The third kappa shape index (κ3) is 1.91. The molecule has 0 aromatic carbocycles. The Hall–Kier alpha value is -0.990. The van der Waals surface area contributed by atoms with E-state index in [-0.39, 0.29) is 0 Å². The predicted octanol–water partition coefficient (Wildman–Crippen LogP) is 1.85. The molecule has 1 saturated heterocycles. The van der Waals surface area contributed by atoms with Crippen LogP contribution in [0, 0.1) is 5.92 Å². The van der Waals surface area contributed by atoms with Crippen molar-refractivity contribution in [2.45, 2.75) is 38.1 Å². The van der Waals surface area contributed by atoms with Crippen molar-refractivity contribution in [3.63, 3.8) is 0 Å². The minimum atomic E-state index is -0.843. The van der Waals surface area contributed by atoms with Gasteiger partial charge in [-0.1, -0.05) is 12.8 Å². The summed E-state index contributed by atoms with van der Waals surface area (Å²) in [5, 5.41) is 8.56. The molecule has 1 heterocycles. The van der Waals surface area contributed by atoms with Crippen LogP contribution in [0.5, 0.6) is 0 Å². The van der Waals surface area contributed by atoms with Gasteiger partial charge in [0.05, 0.1) is 0 Å². The van der Waals surface area contributed by atoms with E-state index >= 15 is 0 Å². The van der Waals surface area contributed by atoms with Crippen molar-refractivity contribution in [3.8, 4) is 0 Å². The van der Waals surface area contributed by atoms with Crippen LogP contribution < -0.4 is 0 Å². The van der Waals surface area contributed by atoms with Gasteiger partial charge >= 0.3 is 5.97 Å². The van der Waals surface area contributed by atoms with E-state index in [1.807, 2.05) is 0 Å². The van der Waals surface area contributed by atoms with Gasteiger partial charge in [-0.05, 0) is 25.2 Å². The van der Waals surface area contributed by atoms with Crippen molar-refractivity contribution in [3.05, 3.63) is 12.3 Å². The predicted molar refractivity (Wildman–Crippen MR) is 53.8 cm³/mol.